The molecule has 3 atom stereocenters. The number of para-hydroxylation sites is 1. The average Bonchev–Trinajstić information content (AvgIpc) is 3.13. The summed E-state index contributed by atoms with van der Waals surface area (Å²) in [6.07, 6.45) is 0. The maximum Gasteiger partial charge on any atom is 0.0632 e. The first kappa shape index (κ1) is 14.9. The van der Waals surface area contributed by atoms with Crippen molar-refractivity contribution in [3.63, 3.8) is 0 Å². The average molecular weight is 348 g/mol. The molecule has 0 fully saturated rings. The summed E-state index contributed by atoms with van der Waals surface area (Å²) in [6.45, 7) is 0. The Morgan fingerprint density at radius 3 is 2.22 bits per heavy atom. The molecule has 2 heterocycles. The Bertz CT molecular complexity index is 1150. The molecule has 4 aromatic carbocycles. The molecule has 2 heteroatoms. The molecule has 2 aliphatic heterocycles. The van der Waals surface area contributed by atoms with Crippen LogP contribution in [0.5, 0.6) is 0 Å². The molecule has 0 unspecified atom stereocenters. The second-order valence-corrected chi connectivity index (χ2v) is 7.52. The number of hydrogen-bond donors (Lipinski definition) is 2. The maximum absolute atomic E-state index is 3.88. The lowest BCUT2D eigenvalue weighted by molar-refractivity contribution is 0.523. The Hall–Kier alpha value is -3.26. The Morgan fingerprint density at radius 1 is 0.556 bits per heavy atom. The fraction of sp³-hybridized carbons (Fsp3) is 0.120. The van der Waals surface area contributed by atoms with Crippen LogP contribution in [0.25, 0.3) is 10.8 Å². The molecule has 2 aliphatic rings. The second-order valence-electron chi connectivity index (χ2n) is 7.52. The van der Waals surface area contributed by atoms with Gasteiger partial charge in [-0.05, 0) is 34.0 Å². The molecule has 0 saturated carbocycles. The van der Waals surface area contributed by atoms with E-state index >= 15 is 0 Å². The fourth-order valence-electron chi connectivity index (χ4n) is 4.94. The Morgan fingerprint density at radius 2 is 1.30 bits per heavy atom. The van der Waals surface area contributed by atoms with Crippen LogP contribution in [-0.4, -0.2) is 0 Å². The summed E-state index contributed by atoms with van der Waals surface area (Å²) in [7, 11) is 0. The first-order valence-electron chi connectivity index (χ1n) is 9.59. The minimum absolute atomic E-state index is 0.251. The van der Waals surface area contributed by atoms with Gasteiger partial charge in [-0.1, -0.05) is 78.9 Å². The van der Waals surface area contributed by atoms with Gasteiger partial charge in [0.2, 0.25) is 0 Å². The lowest BCUT2D eigenvalue weighted by atomic mass is 9.77. The van der Waals surface area contributed by atoms with E-state index in [-0.39, 0.29) is 12.1 Å². The third-order valence-electron chi connectivity index (χ3n) is 6.10. The largest absolute Gasteiger partial charge is 0.377 e. The van der Waals surface area contributed by atoms with E-state index in [0.717, 1.165) is 0 Å². The van der Waals surface area contributed by atoms with Crippen molar-refractivity contribution in [2.75, 3.05) is 10.6 Å². The molecule has 6 rings (SSSR count). The zero-order valence-corrected chi connectivity index (χ0v) is 14.9. The van der Waals surface area contributed by atoms with Crippen LogP contribution in [0.15, 0.2) is 91.0 Å². The van der Waals surface area contributed by atoms with Crippen LogP contribution < -0.4 is 10.6 Å². The topological polar surface area (TPSA) is 24.1 Å². The summed E-state index contributed by atoms with van der Waals surface area (Å²) in [4.78, 5) is 0. The lowest BCUT2D eigenvalue weighted by Gasteiger charge is -2.38. The van der Waals surface area contributed by atoms with Gasteiger partial charge in [0.15, 0.2) is 0 Å². The van der Waals surface area contributed by atoms with E-state index in [2.05, 4.69) is 102 Å². The molecular weight excluding hydrogens is 328 g/mol. The van der Waals surface area contributed by atoms with E-state index in [1.54, 1.807) is 0 Å². The van der Waals surface area contributed by atoms with Gasteiger partial charge >= 0.3 is 0 Å². The van der Waals surface area contributed by atoms with Gasteiger partial charge in [0.05, 0.1) is 12.1 Å². The fourth-order valence-corrected chi connectivity index (χ4v) is 4.94. The van der Waals surface area contributed by atoms with Crippen LogP contribution >= 0.6 is 0 Å². The van der Waals surface area contributed by atoms with Gasteiger partial charge in [-0.3, -0.25) is 0 Å². The smallest absolute Gasteiger partial charge is 0.0632 e. The normalized spacial score (nSPS) is 22.3. The van der Waals surface area contributed by atoms with Crippen LogP contribution in [0.4, 0.5) is 11.4 Å². The van der Waals surface area contributed by atoms with Crippen molar-refractivity contribution in [3.05, 3.63) is 108 Å². The quantitative estimate of drug-likeness (QED) is 0.424. The van der Waals surface area contributed by atoms with Crippen LogP contribution in [0.1, 0.15) is 34.7 Å². The monoisotopic (exact) mass is 348 g/mol. The van der Waals surface area contributed by atoms with Crippen molar-refractivity contribution in [1.29, 1.82) is 0 Å². The molecule has 0 aliphatic carbocycles. The van der Waals surface area contributed by atoms with Crippen molar-refractivity contribution in [3.8, 4) is 0 Å². The van der Waals surface area contributed by atoms with Gasteiger partial charge in [-0.2, -0.15) is 0 Å². The van der Waals surface area contributed by atoms with Crippen LogP contribution in [0.2, 0.25) is 0 Å². The summed E-state index contributed by atoms with van der Waals surface area (Å²) in [6, 6.07) is 33.3. The zero-order chi connectivity index (χ0) is 17.8. The number of nitrogens with one attached hydrogen (secondary N) is 2. The zero-order valence-electron chi connectivity index (χ0n) is 14.9. The summed E-state index contributed by atoms with van der Waals surface area (Å²) in [5.41, 5.74) is 6.63. The maximum atomic E-state index is 3.88. The minimum Gasteiger partial charge on any atom is -0.377 e. The molecule has 0 radical (unpaired) electrons. The second kappa shape index (κ2) is 5.62. The molecule has 130 valence electrons. The third-order valence-corrected chi connectivity index (χ3v) is 6.10. The van der Waals surface area contributed by atoms with Gasteiger partial charge in [-0.25, -0.2) is 0 Å². The highest BCUT2D eigenvalue weighted by Gasteiger charge is 2.44. The standard InChI is InChI=1S/C25H20N2/c1-2-9-17(10-3-1)24-23-19-12-6-7-13-20(19)26-25(23)22-18-11-5-4-8-16(18)14-15-21(22)27-24/h1-15,23-27H/t23-,24-,25+/m1/s1. The van der Waals surface area contributed by atoms with Gasteiger partial charge < -0.3 is 10.6 Å². The minimum atomic E-state index is 0.251. The lowest BCUT2D eigenvalue weighted by Crippen LogP contribution is -2.30. The Labute approximate surface area is 158 Å². The van der Waals surface area contributed by atoms with Crippen LogP contribution in [-0.2, 0) is 0 Å². The molecule has 0 aromatic heterocycles. The summed E-state index contributed by atoms with van der Waals surface area (Å²) < 4.78 is 0. The first-order valence-corrected chi connectivity index (χ1v) is 9.59. The van der Waals surface area contributed by atoms with Crippen molar-refractivity contribution < 1.29 is 0 Å². The Balaban J connectivity index is 1.62. The highest BCUT2D eigenvalue weighted by atomic mass is 15.1. The molecule has 4 aromatic rings. The van der Waals surface area contributed by atoms with Crippen molar-refractivity contribution in [2.45, 2.75) is 18.0 Å². The van der Waals surface area contributed by atoms with Gasteiger partial charge in [0, 0.05) is 22.9 Å². The van der Waals surface area contributed by atoms with Crippen LogP contribution in [0.3, 0.4) is 0 Å². The van der Waals surface area contributed by atoms with E-state index < -0.39 is 0 Å². The van der Waals surface area contributed by atoms with Crippen molar-refractivity contribution in [1.82, 2.24) is 0 Å². The van der Waals surface area contributed by atoms with Gasteiger partial charge in [0.25, 0.3) is 0 Å². The third kappa shape index (κ3) is 2.13. The first-order chi connectivity index (χ1) is 13.4. The number of rotatable bonds is 1. The van der Waals surface area contributed by atoms with Crippen LogP contribution in [0, 0.1) is 0 Å². The molecule has 2 N–H and O–H groups in total. The van der Waals surface area contributed by atoms with E-state index in [0.29, 0.717) is 5.92 Å². The summed E-state index contributed by atoms with van der Waals surface area (Å²) in [5, 5.41) is 10.4. The highest BCUT2D eigenvalue weighted by Crippen LogP contribution is 2.56. The molecule has 2 nitrogen and oxygen atoms in total. The molecule has 0 amide bonds. The van der Waals surface area contributed by atoms with Gasteiger partial charge in [0.1, 0.15) is 0 Å². The predicted octanol–water partition coefficient (Wildman–Crippen LogP) is 6.26. The van der Waals surface area contributed by atoms with Crippen molar-refractivity contribution in [2.24, 2.45) is 0 Å². The molecule has 0 bridgehead atoms. The molecule has 0 spiro atoms. The Kier molecular flexibility index (Phi) is 3.09. The number of benzene rings is 4. The predicted molar refractivity (Wildman–Crippen MR) is 112 cm³/mol. The SMILES string of the molecule is c1ccc([C@H]2Nc3ccc4ccccc4c3[C@@H]3Nc4ccccc4[C@H]23)cc1. The summed E-state index contributed by atoms with van der Waals surface area (Å²) >= 11 is 0. The molecular formula is C25H20N2. The summed E-state index contributed by atoms with van der Waals surface area (Å²) in [5.74, 6) is 0.363. The van der Waals surface area contributed by atoms with E-state index in [9.17, 15) is 0 Å². The van der Waals surface area contributed by atoms with E-state index in [1.165, 1.54) is 38.8 Å². The highest BCUT2D eigenvalue weighted by molar-refractivity contribution is 5.92. The van der Waals surface area contributed by atoms with Crippen molar-refractivity contribution >= 4 is 22.1 Å². The number of hydrogen-bond acceptors (Lipinski definition) is 2. The molecule has 27 heavy (non-hydrogen) atoms. The van der Waals surface area contributed by atoms with E-state index in [1.807, 2.05) is 0 Å². The molecule has 0 saturated heterocycles. The van der Waals surface area contributed by atoms with Gasteiger partial charge in [-0.15, -0.1) is 0 Å². The van der Waals surface area contributed by atoms with E-state index in [4.69, 9.17) is 0 Å². The number of anilines is 2. The number of fused-ring (bicyclic) bond motifs is 7.